The van der Waals surface area contributed by atoms with Gasteiger partial charge in [0.25, 0.3) is 5.69 Å². The molecule has 0 aliphatic heterocycles. The first-order chi connectivity index (χ1) is 9.88. The molecule has 0 aromatic heterocycles. The van der Waals surface area contributed by atoms with Crippen molar-refractivity contribution in [3.8, 4) is 0 Å². The summed E-state index contributed by atoms with van der Waals surface area (Å²) in [6, 6.07) is 7.37. The predicted octanol–water partition coefficient (Wildman–Crippen LogP) is 5.07. The highest BCUT2D eigenvalue weighted by molar-refractivity contribution is 9.10. The molecule has 0 unspecified atom stereocenters. The van der Waals surface area contributed by atoms with Crippen LogP contribution in [0.2, 0.25) is 5.02 Å². The van der Waals surface area contributed by atoms with E-state index in [0.29, 0.717) is 26.3 Å². The zero-order valence-electron chi connectivity index (χ0n) is 11.0. The van der Waals surface area contributed by atoms with E-state index in [-0.39, 0.29) is 18.0 Å². The number of nitrogens with one attached hydrogen (secondary N) is 1. The standard InChI is InChI=1S/C14H11BrClFN2O2/c1-8-4-12(17)11(15)6-13(8)18-7-9-5-10(16)2-3-14(9)19(20)21/h2-6,18H,7H2,1H3. The van der Waals surface area contributed by atoms with Crippen molar-refractivity contribution in [3.63, 3.8) is 0 Å². The van der Waals surface area contributed by atoms with Gasteiger partial charge in [0.05, 0.1) is 15.0 Å². The van der Waals surface area contributed by atoms with Crippen LogP contribution in [0.25, 0.3) is 0 Å². The molecule has 0 saturated heterocycles. The molecular weight excluding hydrogens is 363 g/mol. The summed E-state index contributed by atoms with van der Waals surface area (Å²) >= 11 is 8.98. The molecule has 0 bridgehead atoms. The highest BCUT2D eigenvalue weighted by atomic mass is 79.9. The van der Waals surface area contributed by atoms with Crippen LogP contribution in [-0.2, 0) is 6.54 Å². The minimum atomic E-state index is -0.458. The second kappa shape index (κ2) is 6.41. The maximum atomic E-state index is 13.4. The van der Waals surface area contributed by atoms with E-state index in [1.54, 1.807) is 19.1 Å². The third-order valence-electron chi connectivity index (χ3n) is 2.97. The van der Waals surface area contributed by atoms with Crippen molar-refractivity contribution in [2.24, 2.45) is 0 Å². The van der Waals surface area contributed by atoms with E-state index < -0.39 is 4.92 Å². The monoisotopic (exact) mass is 372 g/mol. The Hall–Kier alpha value is -1.66. The number of nitro groups is 1. The van der Waals surface area contributed by atoms with Gasteiger partial charge in [-0.25, -0.2) is 4.39 Å². The maximum absolute atomic E-state index is 13.4. The van der Waals surface area contributed by atoms with E-state index in [1.807, 2.05) is 0 Å². The topological polar surface area (TPSA) is 55.2 Å². The number of anilines is 1. The minimum Gasteiger partial charge on any atom is -0.380 e. The first-order valence-corrected chi connectivity index (χ1v) is 7.18. The Morgan fingerprint density at radius 3 is 2.76 bits per heavy atom. The van der Waals surface area contributed by atoms with E-state index >= 15 is 0 Å². The van der Waals surface area contributed by atoms with Gasteiger partial charge in [-0.15, -0.1) is 0 Å². The van der Waals surface area contributed by atoms with Crippen molar-refractivity contribution >= 4 is 38.9 Å². The molecule has 0 fully saturated rings. The van der Waals surface area contributed by atoms with Gasteiger partial charge >= 0.3 is 0 Å². The molecule has 0 aliphatic rings. The van der Waals surface area contributed by atoms with Crippen LogP contribution < -0.4 is 5.32 Å². The van der Waals surface area contributed by atoms with E-state index in [4.69, 9.17) is 11.6 Å². The molecule has 21 heavy (non-hydrogen) atoms. The Balaban J connectivity index is 2.26. The summed E-state index contributed by atoms with van der Waals surface area (Å²) < 4.78 is 13.7. The Labute approximate surface area is 134 Å². The fourth-order valence-corrected chi connectivity index (χ4v) is 2.44. The Morgan fingerprint density at radius 1 is 1.38 bits per heavy atom. The molecule has 1 N–H and O–H groups in total. The van der Waals surface area contributed by atoms with Crippen LogP contribution in [0.1, 0.15) is 11.1 Å². The summed E-state index contributed by atoms with van der Waals surface area (Å²) in [6.45, 7) is 1.97. The molecular formula is C14H11BrClFN2O2. The van der Waals surface area contributed by atoms with Gasteiger partial charge in [0.15, 0.2) is 0 Å². The summed E-state index contributed by atoms with van der Waals surface area (Å²) in [5.74, 6) is -0.355. The largest absolute Gasteiger partial charge is 0.380 e. The van der Waals surface area contributed by atoms with Gasteiger partial charge < -0.3 is 5.32 Å². The normalized spacial score (nSPS) is 10.5. The molecule has 2 rings (SSSR count). The minimum absolute atomic E-state index is 0.00858. The van der Waals surface area contributed by atoms with Gasteiger partial charge in [-0.05, 0) is 52.7 Å². The van der Waals surface area contributed by atoms with Crippen LogP contribution in [0, 0.1) is 22.9 Å². The molecule has 0 atom stereocenters. The fraction of sp³-hybridized carbons (Fsp3) is 0.143. The Morgan fingerprint density at radius 2 is 2.10 bits per heavy atom. The molecule has 0 radical (unpaired) electrons. The van der Waals surface area contributed by atoms with Crippen LogP contribution in [0.4, 0.5) is 15.8 Å². The molecule has 110 valence electrons. The summed E-state index contributed by atoms with van der Waals surface area (Å²) in [5.41, 5.74) is 1.86. The average molecular weight is 374 g/mol. The van der Waals surface area contributed by atoms with Crippen molar-refractivity contribution in [1.29, 1.82) is 0 Å². The lowest BCUT2D eigenvalue weighted by molar-refractivity contribution is -0.385. The average Bonchev–Trinajstić information content (AvgIpc) is 2.41. The van der Waals surface area contributed by atoms with Crippen molar-refractivity contribution in [1.82, 2.24) is 0 Å². The number of halogens is 3. The van der Waals surface area contributed by atoms with Gasteiger partial charge in [0.2, 0.25) is 0 Å². The van der Waals surface area contributed by atoms with Crippen LogP contribution >= 0.6 is 27.5 Å². The molecule has 0 saturated carbocycles. The number of benzene rings is 2. The third-order valence-corrected chi connectivity index (χ3v) is 3.82. The SMILES string of the molecule is Cc1cc(F)c(Br)cc1NCc1cc(Cl)ccc1[N+](=O)[O-]. The first kappa shape index (κ1) is 15.7. The first-order valence-electron chi connectivity index (χ1n) is 6.01. The van der Waals surface area contributed by atoms with E-state index in [9.17, 15) is 14.5 Å². The zero-order chi connectivity index (χ0) is 15.6. The van der Waals surface area contributed by atoms with Gasteiger partial charge in [0, 0.05) is 23.3 Å². The molecule has 4 nitrogen and oxygen atoms in total. The van der Waals surface area contributed by atoms with Gasteiger partial charge in [-0.2, -0.15) is 0 Å². The Bertz CT molecular complexity index is 710. The number of aryl methyl sites for hydroxylation is 1. The summed E-state index contributed by atoms with van der Waals surface area (Å²) in [4.78, 5) is 10.5. The van der Waals surface area contributed by atoms with E-state index in [1.165, 1.54) is 18.2 Å². The van der Waals surface area contributed by atoms with Crippen LogP contribution in [0.5, 0.6) is 0 Å². The molecule has 0 aliphatic carbocycles. The second-order valence-corrected chi connectivity index (χ2v) is 5.76. The highest BCUT2D eigenvalue weighted by Gasteiger charge is 2.14. The second-order valence-electron chi connectivity index (χ2n) is 4.46. The quantitative estimate of drug-likeness (QED) is 0.601. The zero-order valence-corrected chi connectivity index (χ0v) is 13.3. The lowest BCUT2D eigenvalue weighted by atomic mass is 10.1. The smallest absolute Gasteiger partial charge is 0.274 e. The van der Waals surface area contributed by atoms with Crippen molar-refractivity contribution in [2.75, 3.05) is 5.32 Å². The summed E-state index contributed by atoms with van der Waals surface area (Å²) in [5, 5.41) is 14.5. The number of hydrogen-bond donors (Lipinski definition) is 1. The molecule has 7 heteroatoms. The molecule has 0 amide bonds. The predicted molar refractivity (Wildman–Crippen MR) is 84.3 cm³/mol. The van der Waals surface area contributed by atoms with Crippen LogP contribution in [-0.4, -0.2) is 4.92 Å². The lowest BCUT2D eigenvalue weighted by Crippen LogP contribution is -2.04. The number of rotatable bonds is 4. The van der Waals surface area contributed by atoms with Crippen LogP contribution in [0.3, 0.4) is 0 Å². The van der Waals surface area contributed by atoms with E-state index in [2.05, 4.69) is 21.2 Å². The van der Waals surface area contributed by atoms with Crippen LogP contribution in [0.15, 0.2) is 34.8 Å². The molecule has 0 spiro atoms. The maximum Gasteiger partial charge on any atom is 0.274 e. The van der Waals surface area contributed by atoms with Gasteiger partial charge in [-0.1, -0.05) is 11.6 Å². The fourth-order valence-electron chi connectivity index (χ4n) is 1.90. The number of nitrogens with zero attached hydrogens (tertiary/aromatic N) is 1. The van der Waals surface area contributed by atoms with Crippen molar-refractivity contribution in [3.05, 3.63) is 66.9 Å². The van der Waals surface area contributed by atoms with Gasteiger partial charge in [0.1, 0.15) is 5.82 Å². The molecule has 0 heterocycles. The summed E-state index contributed by atoms with van der Waals surface area (Å²) in [6.07, 6.45) is 0. The van der Waals surface area contributed by atoms with Crippen molar-refractivity contribution < 1.29 is 9.31 Å². The van der Waals surface area contributed by atoms with Gasteiger partial charge in [-0.3, -0.25) is 10.1 Å². The third kappa shape index (κ3) is 3.71. The van der Waals surface area contributed by atoms with Crippen molar-refractivity contribution in [2.45, 2.75) is 13.5 Å². The summed E-state index contributed by atoms with van der Waals surface area (Å²) in [7, 11) is 0. The Kier molecular flexibility index (Phi) is 4.80. The lowest BCUT2D eigenvalue weighted by Gasteiger charge is -2.11. The number of nitro benzene ring substituents is 1. The molecule has 2 aromatic rings. The number of hydrogen-bond acceptors (Lipinski definition) is 3. The highest BCUT2D eigenvalue weighted by Crippen LogP contribution is 2.27. The molecule has 2 aromatic carbocycles. The van der Waals surface area contributed by atoms with E-state index in [0.717, 1.165) is 0 Å².